The molecule has 0 aromatic heterocycles. The Balaban J connectivity index is 1.95. The van der Waals surface area contributed by atoms with Crippen molar-refractivity contribution in [3.05, 3.63) is 58.6 Å². The number of primary amides is 1. The number of ether oxygens (including phenoxy) is 1. The van der Waals surface area contributed by atoms with Gasteiger partial charge in [0.1, 0.15) is 11.5 Å². The van der Waals surface area contributed by atoms with E-state index >= 15 is 0 Å². The van der Waals surface area contributed by atoms with Gasteiger partial charge in [0.2, 0.25) is 5.91 Å². The van der Waals surface area contributed by atoms with Crippen molar-refractivity contribution in [2.45, 2.75) is 26.8 Å². The Morgan fingerprint density at radius 3 is 2.42 bits per heavy atom. The molecular formula is C19H23ClN2O2. The van der Waals surface area contributed by atoms with Crippen LogP contribution in [0.5, 0.6) is 11.5 Å². The lowest BCUT2D eigenvalue weighted by molar-refractivity contribution is 0.100. The summed E-state index contributed by atoms with van der Waals surface area (Å²) in [6, 6.07) is 12.3. The molecule has 0 spiro atoms. The number of nitrogens with one attached hydrogen (secondary N) is 1. The first-order valence-corrected chi connectivity index (χ1v) is 8.40. The molecular weight excluding hydrogens is 324 g/mol. The van der Waals surface area contributed by atoms with Crippen molar-refractivity contribution in [3.8, 4) is 11.5 Å². The summed E-state index contributed by atoms with van der Waals surface area (Å²) < 4.78 is 5.75. The van der Waals surface area contributed by atoms with E-state index in [-0.39, 0.29) is 0 Å². The smallest absolute Gasteiger partial charge is 0.248 e. The topological polar surface area (TPSA) is 64.3 Å². The first kappa shape index (κ1) is 18.3. The van der Waals surface area contributed by atoms with Crippen LogP contribution in [0.15, 0.2) is 42.5 Å². The molecule has 0 heterocycles. The maximum absolute atomic E-state index is 11.1. The van der Waals surface area contributed by atoms with E-state index < -0.39 is 5.91 Å². The van der Waals surface area contributed by atoms with Crippen LogP contribution in [0.1, 0.15) is 36.2 Å². The summed E-state index contributed by atoms with van der Waals surface area (Å²) in [6.07, 6.45) is 1.14. The molecule has 2 aromatic carbocycles. The van der Waals surface area contributed by atoms with Gasteiger partial charge >= 0.3 is 0 Å². The van der Waals surface area contributed by atoms with Crippen LogP contribution in [0.4, 0.5) is 0 Å². The maximum Gasteiger partial charge on any atom is 0.248 e. The Labute approximate surface area is 148 Å². The average Bonchev–Trinajstić information content (AvgIpc) is 2.53. The van der Waals surface area contributed by atoms with E-state index in [0.717, 1.165) is 25.1 Å². The molecule has 0 aliphatic rings. The highest BCUT2D eigenvalue weighted by atomic mass is 35.5. The largest absolute Gasteiger partial charge is 0.457 e. The van der Waals surface area contributed by atoms with Gasteiger partial charge in [0.05, 0.1) is 0 Å². The van der Waals surface area contributed by atoms with Crippen molar-refractivity contribution in [2.75, 3.05) is 6.54 Å². The fourth-order valence-electron chi connectivity index (χ4n) is 2.17. The number of rotatable bonds is 8. The van der Waals surface area contributed by atoms with Crippen molar-refractivity contribution in [2.24, 2.45) is 11.7 Å². The van der Waals surface area contributed by atoms with Crippen molar-refractivity contribution in [3.63, 3.8) is 0 Å². The minimum atomic E-state index is -0.459. The van der Waals surface area contributed by atoms with Crippen LogP contribution in [0.3, 0.4) is 0 Å². The van der Waals surface area contributed by atoms with Crippen LogP contribution >= 0.6 is 11.6 Å². The Morgan fingerprint density at radius 2 is 1.83 bits per heavy atom. The van der Waals surface area contributed by atoms with Crippen molar-refractivity contribution >= 4 is 17.5 Å². The Hall–Kier alpha value is -2.04. The van der Waals surface area contributed by atoms with E-state index in [1.165, 1.54) is 0 Å². The molecule has 0 radical (unpaired) electrons. The third kappa shape index (κ3) is 5.55. The van der Waals surface area contributed by atoms with Crippen LogP contribution in [0, 0.1) is 5.92 Å². The zero-order valence-corrected chi connectivity index (χ0v) is 14.8. The highest BCUT2D eigenvalue weighted by Gasteiger charge is 2.05. The molecule has 2 aromatic rings. The van der Waals surface area contributed by atoms with E-state index in [1.807, 2.05) is 12.1 Å². The molecule has 4 nitrogen and oxygen atoms in total. The molecule has 3 N–H and O–H groups in total. The van der Waals surface area contributed by atoms with Crippen LogP contribution in [-0.2, 0) is 6.54 Å². The Bertz CT molecular complexity index is 684. The first-order valence-electron chi connectivity index (χ1n) is 8.02. The van der Waals surface area contributed by atoms with Gasteiger partial charge in [-0.1, -0.05) is 31.5 Å². The summed E-state index contributed by atoms with van der Waals surface area (Å²) in [4.78, 5) is 11.1. The molecule has 2 rings (SSSR count). The van der Waals surface area contributed by atoms with Crippen molar-refractivity contribution in [1.29, 1.82) is 0 Å². The lowest BCUT2D eigenvalue weighted by Gasteiger charge is -2.11. The van der Waals surface area contributed by atoms with Gasteiger partial charge in [-0.3, -0.25) is 4.79 Å². The van der Waals surface area contributed by atoms with Gasteiger partial charge in [0.25, 0.3) is 0 Å². The molecule has 0 saturated heterocycles. The zero-order valence-electron chi connectivity index (χ0n) is 14.0. The number of halogens is 1. The molecule has 0 unspecified atom stereocenters. The Morgan fingerprint density at radius 1 is 1.17 bits per heavy atom. The molecule has 0 atom stereocenters. The lowest BCUT2D eigenvalue weighted by atomic mass is 10.1. The van der Waals surface area contributed by atoms with Gasteiger partial charge in [-0.05, 0) is 60.8 Å². The van der Waals surface area contributed by atoms with Gasteiger partial charge in [-0.25, -0.2) is 0 Å². The van der Waals surface area contributed by atoms with E-state index in [1.54, 1.807) is 30.3 Å². The minimum Gasteiger partial charge on any atom is -0.457 e. The molecule has 0 bridgehead atoms. The van der Waals surface area contributed by atoms with E-state index in [9.17, 15) is 4.79 Å². The summed E-state index contributed by atoms with van der Waals surface area (Å²) in [7, 11) is 0. The molecule has 0 aliphatic carbocycles. The number of carbonyl (C=O) groups excluding carboxylic acids is 1. The van der Waals surface area contributed by atoms with Crippen LogP contribution in [0.25, 0.3) is 0 Å². The first-order chi connectivity index (χ1) is 11.5. The quantitative estimate of drug-likeness (QED) is 0.698. The summed E-state index contributed by atoms with van der Waals surface area (Å²) >= 11 is 6.32. The predicted molar refractivity (Wildman–Crippen MR) is 97.6 cm³/mol. The normalized spacial score (nSPS) is 10.8. The summed E-state index contributed by atoms with van der Waals surface area (Å²) in [5, 5.41) is 4.06. The summed E-state index contributed by atoms with van der Waals surface area (Å²) in [5.74, 6) is 1.50. The second-order valence-electron chi connectivity index (χ2n) is 6.10. The maximum atomic E-state index is 11.1. The third-order valence-electron chi connectivity index (χ3n) is 3.61. The average molecular weight is 347 g/mol. The highest BCUT2D eigenvalue weighted by Crippen LogP contribution is 2.27. The van der Waals surface area contributed by atoms with E-state index in [2.05, 4.69) is 19.2 Å². The zero-order chi connectivity index (χ0) is 17.5. The van der Waals surface area contributed by atoms with Gasteiger partial charge in [0.15, 0.2) is 0 Å². The van der Waals surface area contributed by atoms with Gasteiger partial charge in [0, 0.05) is 17.1 Å². The van der Waals surface area contributed by atoms with Gasteiger partial charge < -0.3 is 15.8 Å². The molecule has 128 valence electrons. The van der Waals surface area contributed by atoms with E-state index in [0.29, 0.717) is 28.0 Å². The van der Waals surface area contributed by atoms with Crippen LogP contribution in [0.2, 0.25) is 5.02 Å². The molecule has 0 aliphatic heterocycles. The van der Waals surface area contributed by atoms with Crippen LogP contribution < -0.4 is 15.8 Å². The van der Waals surface area contributed by atoms with E-state index in [4.69, 9.17) is 22.1 Å². The van der Waals surface area contributed by atoms with Crippen molar-refractivity contribution in [1.82, 2.24) is 5.32 Å². The number of carbonyl (C=O) groups is 1. The molecule has 24 heavy (non-hydrogen) atoms. The Kier molecular flexibility index (Phi) is 6.64. The third-order valence-corrected chi connectivity index (χ3v) is 3.96. The molecule has 0 fully saturated rings. The van der Waals surface area contributed by atoms with Gasteiger partial charge in [-0.15, -0.1) is 0 Å². The second-order valence-corrected chi connectivity index (χ2v) is 6.51. The van der Waals surface area contributed by atoms with Gasteiger partial charge in [-0.2, -0.15) is 0 Å². The molecule has 0 saturated carbocycles. The number of amides is 1. The second kappa shape index (κ2) is 8.71. The fraction of sp³-hybridized carbons (Fsp3) is 0.316. The highest BCUT2D eigenvalue weighted by molar-refractivity contribution is 6.31. The number of hydrogen-bond donors (Lipinski definition) is 2. The minimum absolute atomic E-state index is 0.447. The molecule has 5 heteroatoms. The predicted octanol–water partition coefficient (Wildman–Crippen LogP) is 4.37. The standard InChI is InChI=1S/C19H23ClN2O2/c1-13(2)9-10-22-12-15-5-8-17(11-18(15)20)24-16-6-3-14(4-7-16)19(21)23/h3-8,11,13,22H,9-10,12H2,1-2H3,(H2,21,23). The molecule has 1 amide bonds. The summed E-state index contributed by atoms with van der Waals surface area (Å²) in [5.41, 5.74) is 6.70. The number of benzene rings is 2. The monoisotopic (exact) mass is 346 g/mol. The summed E-state index contributed by atoms with van der Waals surface area (Å²) in [6.45, 7) is 6.12. The number of hydrogen-bond acceptors (Lipinski definition) is 3. The number of nitrogens with two attached hydrogens (primary N) is 1. The van der Waals surface area contributed by atoms with Crippen molar-refractivity contribution < 1.29 is 9.53 Å². The van der Waals surface area contributed by atoms with Crippen LogP contribution in [-0.4, -0.2) is 12.5 Å². The lowest BCUT2D eigenvalue weighted by Crippen LogP contribution is -2.16. The fourth-order valence-corrected chi connectivity index (χ4v) is 2.41. The SMILES string of the molecule is CC(C)CCNCc1ccc(Oc2ccc(C(N)=O)cc2)cc1Cl.